The summed E-state index contributed by atoms with van der Waals surface area (Å²) in [7, 11) is 1.55. The monoisotopic (exact) mass is 339 g/mol. The topological polar surface area (TPSA) is 57.1 Å². The van der Waals surface area contributed by atoms with Crippen LogP contribution in [0.1, 0.15) is 29.8 Å². The number of ether oxygens (including phenoxy) is 3. The van der Waals surface area contributed by atoms with Gasteiger partial charge in [-0.05, 0) is 50.1 Å². The van der Waals surface area contributed by atoms with Gasteiger partial charge in [-0.15, -0.1) is 0 Å². The Balaban J connectivity index is 1.72. The Bertz CT molecular complexity index is 811. The molecule has 0 aromatic heterocycles. The highest BCUT2D eigenvalue weighted by atomic mass is 16.7. The largest absolute Gasteiger partial charge is 0.496 e. The summed E-state index contributed by atoms with van der Waals surface area (Å²) >= 11 is 0. The number of hydrogen-bond donors (Lipinski definition) is 0. The lowest BCUT2D eigenvalue weighted by molar-refractivity contribution is 0.106. The predicted octanol–water partition coefficient (Wildman–Crippen LogP) is 3.70. The van der Waals surface area contributed by atoms with Crippen molar-refractivity contribution in [1.29, 1.82) is 0 Å². The van der Waals surface area contributed by atoms with Crippen LogP contribution in [0.2, 0.25) is 0 Å². The van der Waals surface area contributed by atoms with Gasteiger partial charge < -0.3 is 14.2 Å². The molecule has 130 valence electrons. The molecule has 0 saturated carbocycles. The summed E-state index contributed by atoms with van der Waals surface area (Å²) in [5.74, 6) is 1.89. The van der Waals surface area contributed by atoms with E-state index in [4.69, 9.17) is 14.2 Å². The molecule has 25 heavy (non-hydrogen) atoms. The van der Waals surface area contributed by atoms with Crippen LogP contribution in [0.25, 0.3) is 0 Å². The van der Waals surface area contributed by atoms with Crippen molar-refractivity contribution in [3.8, 4) is 17.2 Å². The second-order valence-corrected chi connectivity index (χ2v) is 6.50. The van der Waals surface area contributed by atoms with Crippen LogP contribution in [0.3, 0.4) is 0 Å². The maximum atomic E-state index is 12.4. The number of carbonyl (C=O) groups excluding carboxylic acids is 1. The zero-order chi connectivity index (χ0) is 17.9. The number of Topliss-reactive ketones (excluding diaryl/α,β-unsaturated/α-hetero) is 1. The van der Waals surface area contributed by atoms with Crippen molar-refractivity contribution in [3.05, 3.63) is 53.6 Å². The second-order valence-electron chi connectivity index (χ2n) is 6.50. The lowest BCUT2D eigenvalue weighted by Gasteiger charge is -2.19. The van der Waals surface area contributed by atoms with E-state index >= 15 is 0 Å². The van der Waals surface area contributed by atoms with Crippen molar-refractivity contribution in [2.75, 3.05) is 13.9 Å². The lowest BCUT2D eigenvalue weighted by atomic mass is 9.95. The number of aliphatic imine (C=N–C) groups is 1. The van der Waals surface area contributed by atoms with Gasteiger partial charge in [-0.3, -0.25) is 9.79 Å². The average molecular weight is 339 g/mol. The Labute approximate surface area is 147 Å². The number of hydrogen-bond acceptors (Lipinski definition) is 5. The molecule has 2 aromatic carbocycles. The summed E-state index contributed by atoms with van der Waals surface area (Å²) in [6.45, 7) is 4.24. The van der Waals surface area contributed by atoms with Crippen molar-refractivity contribution >= 4 is 12.0 Å². The summed E-state index contributed by atoms with van der Waals surface area (Å²) in [5.41, 5.74) is 1.16. The van der Waals surface area contributed by atoms with Crippen LogP contribution in [-0.4, -0.2) is 31.4 Å². The molecule has 0 fully saturated rings. The summed E-state index contributed by atoms with van der Waals surface area (Å²) in [6, 6.07) is 13.0. The fourth-order valence-electron chi connectivity index (χ4n) is 2.75. The summed E-state index contributed by atoms with van der Waals surface area (Å²) in [5, 5.41) is 0. The molecule has 5 heteroatoms. The first-order valence-electron chi connectivity index (χ1n) is 8.10. The second kappa shape index (κ2) is 6.97. The van der Waals surface area contributed by atoms with Gasteiger partial charge in [-0.1, -0.05) is 18.2 Å². The van der Waals surface area contributed by atoms with E-state index in [2.05, 4.69) is 4.99 Å². The minimum absolute atomic E-state index is 0.170. The van der Waals surface area contributed by atoms with E-state index in [1.165, 1.54) is 6.21 Å². The van der Waals surface area contributed by atoms with Gasteiger partial charge >= 0.3 is 0 Å². The third-order valence-electron chi connectivity index (χ3n) is 3.98. The molecule has 0 spiro atoms. The van der Waals surface area contributed by atoms with E-state index in [0.717, 1.165) is 17.1 Å². The van der Waals surface area contributed by atoms with E-state index < -0.39 is 5.54 Å². The quantitative estimate of drug-likeness (QED) is 0.595. The van der Waals surface area contributed by atoms with Gasteiger partial charge in [0.15, 0.2) is 11.5 Å². The lowest BCUT2D eigenvalue weighted by Crippen LogP contribution is -2.21. The number of methoxy groups -OCH3 is 1. The van der Waals surface area contributed by atoms with Crippen LogP contribution in [0.4, 0.5) is 0 Å². The first kappa shape index (κ1) is 17.0. The Morgan fingerprint density at radius 1 is 1.20 bits per heavy atom. The van der Waals surface area contributed by atoms with Gasteiger partial charge in [0.2, 0.25) is 12.6 Å². The molecule has 0 aliphatic carbocycles. The maximum absolute atomic E-state index is 12.4. The molecular weight excluding hydrogens is 318 g/mol. The Kier molecular flexibility index (Phi) is 4.74. The number of ketones is 1. The van der Waals surface area contributed by atoms with Gasteiger partial charge in [0, 0.05) is 0 Å². The first-order chi connectivity index (χ1) is 12.0. The number of para-hydroxylation sites is 1. The van der Waals surface area contributed by atoms with E-state index in [0.29, 0.717) is 17.7 Å². The predicted molar refractivity (Wildman–Crippen MR) is 96.2 cm³/mol. The number of fused-ring (bicyclic) bond motifs is 1. The average Bonchev–Trinajstić information content (AvgIpc) is 3.07. The maximum Gasteiger partial charge on any atom is 0.231 e. The van der Waals surface area contributed by atoms with Crippen molar-refractivity contribution in [2.24, 2.45) is 4.99 Å². The molecule has 0 amide bonds. The fraction of sp³-hybridized carbons (Fsp3) is 0.300. The first-order valence-corrected chi connectivity index (χ1v) is 8.10. The number of nitrogens with zero attached hydrogens (tertiary/aromatic N) is 1. The standard InChI is InChI=1S/C20H21NO4/c1-20(2,11-14-8-9-18-19(10-14)25-13-24-18)21-12-16(22)15-6-4-5-7-17(15)23-3/h4-10,12H,11,13H2,1-3H3. The van der Waals surface area contributed by atoms with Crippen LogP contribution in [0.15, 0.2) is 47.5 Å². The summed E-state index contributed by atoms with van der Waals surface area (Å²) < 4.78 is 16.0. The number of rotatable bonds is 6. The molecule has 0 atom stereocenters. The van der Waals surface area contributed by atoms with Crippen molar-refractivity contribution in [3.63, 3.8) is 0 Å². The van der Waals surface area contributed by atoms with E-state index in [-0.39, 0.29) is 12.6 Å². The van der Waals surface area contributed by atoms with E-state index in [9.17, 15) is 4.79 Å². The SMILES string of the molecule is COc1ccccc1C(=O)C=NC(C)(C)Cc1ccc2c(c1)OCO2. The molecule has 5 nitrogen and oxygen atoms in total. The van der Waals surface area contributed by atoms with Gasteiger partial charge in [-0.25, -0.2) is 0 Å². The molecule has 2 aromatic rings. The summed E-state index contributed by atoms with van der Waals surface area (Å²) in [4.78, 5) is 16.9. The molecule has 0 N–H and O–H groups in total. The molecule has 0 unspecified atom stereocenters. The van der Waals surface area contributed by atoms with Gasteiger partial charge in [0.1, 0.15) is 5.75 Å². The van der Waals surface area contributed by atoms with Crippen LogP contribution in [0, 0.1) is 0 Å². The van der Waals surface area contributed by atoms with Crippen molar-refractivity contribution < 1.29 is 19.0 Å². The van der Waals surface area contributed by atoms with E-state index in [1.807, 2.05) is 38.1 Å². The molecule has 1 heterocycles. The highest BCUT2D eigenvalue weighted by Gasteiger charge is 2.20. The van der Waals surface area contributed by atoms with Crippen molar-refractivity contribution in [1.82, 2.24) is 0 Å². The van der Waals surface area contributed by atoms with Crippen LogP contribution in [0.5, 0.6) is 17.2 Å². The van der Waals surface area contributed by atoms with Crippen molar-refractivity contribution in [2.45, 2.75) is 25.8 Å². The fourth-order valence-corrected chi connectivity index (χ4v) is 2.75. The molecule has 0 saturated heterocycles. The molecule has 0 radical (unpaired) electrons. The van der Waals surface area contributed by atoms with Crippen LogP contribution in [-0.2, 0) is 6.42 Å². The highest BCUT2D eigenvalue weighted by molar-refractivity contribution is 6.36. The highest BCUT2D eigenvalue weighted by Crippen LogP contribution is 2.33. The molecule has 3 rings (SSSR count). The van der Waals surface area contributed by atoms with Crippen LogP contribution >= 0.6 is 0 Å². The minimum atomic E-state index is -0.425. The smallest absolute Gasteiger partial charge is 0.231 e. The van der Waals surface area contributed by atoms with E-state index in [1.54, 1.807) is 25.3 Å². The summed E-state index contributed by atoms with van der Waals surface area (Å²) in [6.07, 6.45) is 2.06. The van der Waals surface area contributed by atoms with Gasteiger partial charge in [0.25, 0.3) is 0 Å². The third kappa shape index (κ3) is 3.99. The zero-order valence-corrected chi connectivity index (χ0v) is 14.6. The van der Waals surface area contributed by atoms with Gasteiger partial charge in [-0.2, -0.15) is 0 Å². The molecule has 1 aliphatic rings. The normalized spacial score (nSPS) is 13.2. The Hall–Kier alpha value is -2.82. The number of carbonyl (C=O) groups is 1. The number of benzene rings is 2. The zero-order valence-electron chi connectivity index (χ0n) is 14.6. The third-order valence-corrected chi connectivity index (χ3v) is 3.98. The van der Waals surface area contributed by atoms with Crippen LogP contribution < -0.4 is 14.2 Å². The molecule has 1 aliphatic heterocycles. The minimum Gasteiger partial charge on any atom is -0.496 e. The van der Waals surface area contributed by atoms with Gasteiger partial charge in [0.05, 0.1) is 24.4 Å². The Morgan fingerprint density at radius 3 is 2.76 bits per heavy atom. The Morgan fingerprint density at radius 2 is 1.96 bits per heavy atom. The molecular formula is C20H21NO4. The molecule has 0 bridgehead atoms.